The van der Waals surface area contributed by atoms with Crippen molar-refractivity contribution >= 4 is 49.4 Å². The first-order valence-electron chi connectivity index (χ1n) is 5.48. The molecule has 0 aliphatic heterocycles. The first kappa shape index (κ1) is 17.4. The van der Waals surface area contributed by atoms with Crippen molar-refractivity contribution in [3.8, 4) is 5.75 Å². The number of rotatable bonds is 6. The van der Waals surface area contributed by atoms with Gasteiger partial charge >= 0.3 is 5.97 Å². The molecule has 0 saturated heterocycles. The second-order valence-corrected chi connectivity index (χ2v) is 5.61. The number of ether oxygens (including phenoxy) is 1. The van der Waals surface area contributed by atoms with Crippen molar-refractivity contribution in [2.45, 2.75) is 13.0 Å². The van der Waals surface area contributed by atoms with Gasteiger partial charge in [-0.25, -0.2) is 4.79 Å². The highest BCUT2D eigenvalue weighted by atomic mass is 79.9. The van der Waals surface area contributed by atoms with Crippen LogP contribution in [0.1, 0.15) is 6.92 Å². The van der Waals surface area contributed by atoms with Crippen LogP contribution in [0.15, 0.2) is 21.1 Å². The molecule has 8 nitrogen and oxygen atoms in total. The number of nitro benzene ring substituents is 1. The maximum Gasteiger partial charge on any atom is 0.329 e. The summed E-state index contributed by atoms with van der Waals surface area (Å²) >= 11 is 6.22. The Morgan fingerprint density at radius 1 is 1.43 bits per heavy atom. The van der Waals surface area contributed by atoms with Gasteiger partial charge in [-0.1, -0.05) is 0 Å². The van der Waals surface area contributed by atoms with Gasteiger partial charge in [-0.15, -0.1) is 0 Å². The Hall–Kier alpha value is -1.68. The smallest absolute Gasteiger partial charge is 0.329 e. The van der Waals surface area contributed by atoms with E-state index < -0.39 is 22.8 Å². The molecule has 0 aromatic heterocycles. The molecule has 1 rings (SSSR count). The molecule has 1 aromatic carbocycles. The molecule has 1 aromatic rings. The minimum absolute atomic E-state index is 0.155. The number of amides is 1. The molecule has 1 unspecified atom stereocenters. The normalized spacial score (nSPS) is 11.6. The molecule has 2 N–H and O–H groups in total. The predicted octanol–water partition coefficient (Wildman–Crippen LogP) is 2.09. The van der Waals surface area contributed by atoms with Gasteiger partial charge in [0.1, 0.15) is 12.4 Å². The Bertz CT molecular complexity index is 569. The van der Waals surface area contributed by atoms with E-state index in [9.17, 15) is 19.7 Å². The van der Waals surface area contributed by atoms with Gasteiger partial charge in [0, 0.05) is 19.1 Å². The number of carboxylic acid groups (broad SMARTS) is 1. The Morgan fingerprint density at radius 2 is 1.95 bits per heavy atom. The van der Waals surface area contributed by atoms with Crippen LogP contribution in [0.25, 0.3) is 0 Å². The summed E-state index contributed by atoms with van der Waals surface area (Å²) < 4.78 is 5.89. The standard InChI is InChI=1S/C11H10Br2N2O6/c1-5(16)14-9(11(17)18)4-21-10-7(12)2-6(15(19)20)3-8(10)13/h2-3,9H,4H2,1H3,(H,14,16)(H,17,18). The van der Waals surface area contributed by atoms with Crippen molar-refractivity contribution in [1.29, 1.82) is 0 Å². The highest BCUT2D eigenvalue weighted by Crippen LogP contribution is 2.37. The number of carbonyl (C=O) groups is 2. The predicted molar refractivity (Wildman–Crippen MR) is 79.2 cm³/mol. The number of hydrogen-bond donors (Lipinski definition) is 2. The number of carboxylic acids is 1. The van der Waals surface area contributed by atoms with Gasteiger partial charge in [-0.2, -0.15) is 0 Å². The molecular formula is C11H10Br2N2O6. The number of halogens is 2. The van der Waals surface area contributed by atoms with Gasteiger partial charge in [-0.3, -0.25) is 14.9 Å². The number of carbonyl (C=O) groups excluding carboxylic acids is 1. The maximum atomic E-state index is 11.0. The van der Waals surface area contributed by atoms with Crippen molar-refractivity contribution in [2.24, 2.45) is 0 Å². The number of benzene rings is 1. The first-order valence-corrected chi connectivity index (χ1v) is 7.07. The van der Waals surface area contributed by atoms with Gasteiger partial charge in [0.05, 0.1) is 13.9 Å². The molecular weight excluding hydrogens is 416 g/mol. The number of hydrogen-bond acceptors (Lipinski definition) is 5. The number of nitro groups is 1. The third-order valence-corrected chi connectivity index (χ3v) is 3.44. The molecule has 0 fully saturated rings. The van der Waals surface area contributed by atoms with E-state index in [2.05, 4.69) is 37.2 Å². The zero-order chi connectivity index (χ0) is 16.2. The van der Waals surface area contributed by atoms with Crippen molar-refractivity contribution < 1.29 is 24.4 Å². The Morgan fingerprint density at radius 3 is 2.33 bits per heavy atom. The molecule has 21 heavy (non-hydrogen) atoms. The van der Waals surface area contributed by atoms with E-state index in [-0.39, 0.29) is 27.0 Å². The third kappa shape index (κ3) is 4.97. The summed E-state index contributed by atoms with van der Waals surface area (Å²) in [4.78, 5) is 32.0. The lowest BCUT2D eigenvalue weighted by Crippen LogP contribution is -2.43. The summed E-state index contributed by atoms with van der Waals surface area (Å²) in [5, 5.41) is 21.9. The van der Waals surface area contributed by atoms with E-state index >= 15 is 0 Å². The van der Waals surface area contributed by atoms with Gasteiger partial charge in [-0.05, 0) is 31.9 Å². The van der Waals surface area contributed by atoms with Gasteiger partial charge in [0.15, 0.2) is 6.04 Å². The molecule has 114 valence electrons. The van der Waals surface area contributed by atoms with E-state index in [0.717, 1.165) is 0 Å². The molecule has 0 bridgehead atoms. The Labute approximate surface area is 135 Å². The second kappa shape index (κ2) is 7.36. The molecule has 1 amide bonds. The van der Waals surface area contributed by atoms with Crippen LogP contribution in [0.5, 0.6) is 5.75 Å². The van der Waals surface area contributed by atoms with Gasteiger partial charge in [0.2, 0.25) is 5.91 Å². The van der Waals surface area contributed by atoms with Gasteiger partial charge < -0.3 is 15.2 Å². The van der Waals surface area contributed by atoms with E-state index in [1.54, 1.807) is 0 Å². The summed E-state index contributed by atoms with van der Waals surface area (Å²) in [6.45, 7) is 0.859. The molecule has 0 radical (unpaired) electrons. The Balaban J connectivity index is 2.90. The maximum absolute atomic E-state index is 11.0. The fourth-order valence-corrected chi connectivity index (χ4v) is 2.77. The first-order chi connectivity index (χ1) is 9.72. The second-order valence-electron chi connectivity index (χ2n) is 3.90. The van der Waals surface area contributed by atoms with Crippen molar-refractivity contribution in [1.82, 2.24) is 5.32 Å². The van der Waals surface area contributed by atoms with Crippen LogP contribution < -0.4 is 10.1 Å². The number of nitrogens with one attached hydrogen (secondary N) is 1. The highest BCUT2D eigenvalue weighted by Gasteiger charge is 2.21. The van der Waals surface area contributed by atoms with Gasteiger partial charge in [0.25, 0.3) is 5.69 Å². The SMILES string of the molecule is CC(=O)NC(COc1c(Br)cc([N+](=O)[O-])cc1Br)C(=O)O. The topological polar surface area (TPSA) is 119 Å². The molecule has 0 spiro atoms. The van der Waals surface area contributed by atoms with Crippen LogP contribution in [0.2, 0.25) is 0 Å². The fourth-order valence-electron chi connectivity index (χ4n) is 1.38. The summed E-state index contributed by atoms with van der Waals surface area (Å²) in [5.74, 6) is -1.55. The zero-order valence-corrected chi connectivity index (χ0v) is 13.8. The molecule has 0 aliphatic rings. The molecule has 10 heteroatoms. The van der Waals surface area contributed by atoms with Crippen LogP contribution in [-0.4, -0.2) is 34.6 Å². The highest BCUT2D eigenvalue weighted by molar-refractivity contribution is 9.11. The third-order valence-electron chi connectivity index (χ3n) is 2.26. The minimum Gasteiger partial charge on any atom is -0.488 e. The summed E-state index contributed by atoms with van der Waals surface area (Å²) in [6.07, 6.45) is 0. The monoisotopic (exact) mass is 424 g/mol. The van der Waals surface area contributed by atoms with E-state index in [0.29, 0.717) is 0 Å². The lowest BCUT2D eigenvalue weighted by Gasteiger charge is -2.16. The summed E-state index contributed by atoms with van der Waals surface area (Å²) in [7, 11) is 0. The molecule has 0 saturated carbocycles. The minimum atomic E-state index is -1.25. The lowest BCUT2D eigenvalue weighted by atomic mass is 10.3. The van der Waals surface area contributed by atoms with Crippen LogP contribution in [0.3, 0.4) is 0 Å². The van der Waals surface area contributed by atoms with Crippen molar-refractivity contribution in [3.63, 3.8) is 0 Å². The van der Waals surface area contributed by atoms with Crippen LogP contribution in [0, 0.1) is 10.1 Å². The molecule has 0 heterocycles. The zero-order valence-electron chi connectivity index (χ0n) is 10.6. The average molecular weight is 426 g/mol. The number of non-ortho nitro benzene ring substituents is 1. The molecule has 0 aliphatic carbocycles. The van der Waals surface area contributed by atoms with Crippen molar-refractivity contribution in [3.05, 3.63) is 31.2 Å². The number of aliphatic carboxylic acids is 1. The van der Waals surface area contributed by atoms with Crippen LogP contribution in [0.4, 0.5) is 5.69 Å². The lowest BCUT2D eigenvalue weighted by molar-refractivity contribution is -0.385. The van der Waals surface area contributed by atoms with Crippen LogP contribution in [-0.2, 0) is 9.59 Å². The van der Waals surface area contributed by atoms with E-state index in [4.69, 9.17) is 9.84 Å². The average Bonchev–Trinajstić information content (AvgIpc) is 2.35. The fraction of sp³-hybridized carbons (Fsp3) is 0.273. The molecule has 1 atom stereocenters. The van der Waals surface area contributed by atoms with Crippen molar-refractivity contribution in [2.75, 3.05) is 6.61 Å². The Kier molecular flexibility index (Phi) is 6.09. The van der Waals surface area contributed by atoms with E-state index in [1.165, 1.54) is 19.1 Å². The largest absolute Gasteiger partial charge is 0.488 e. The van der Waals surface area contributed by atoms with E-state index in [1.807, 2.05) is 0 Å². The summed E-state index contributed by atoms with van der Waals surface area (Å²) in [6, 6.07) is 1.24. The quantitative estimate of drug-likeness (QED) is 0.532. The summed E-state index contributed by atoms with van der Waals surface area (Å²) in [5.41, 5.74) is -0.155. The van der Waals surface area contributed by atoms with Crippen LogP contribution >= 0.6 is 31.9 Å². The number of nitrogens with zero attached hydrogens (tertiary/aromatic N) is 1.